The highest BCUT2D eigenvalue weighted by molar-refractivity contribution is 6.13. The summed E-state index contributed by atoms with van der Waals surface area (Å²) in [5, 5.41) is 21.4. The van der Waals surface area contributed by atoms with Crippen LogP contribution >= 0.6 is 0 Å². The molecule has 5 aliphatic heterocycles. The van der Waals surface area contributed by atoms with E-state index in [4.69, 9.17) is 29.7 Å². The normalized spacial score (nSPS) is 20.1. The molecule has 4 saturated heterocycles. The number of aromatic nitrogens is 3. The number of imide groups is 1. The molecule has 31 nitrogen and oxygen atoms in total. The summed E-state index contributed by atoms with van der Waals surface area (Å²) >= 11 is 0. The number of hydrogen-bond donors (Lipinski definition) is 8. The smallest absolute Gasteiger partial charge is 0.411 e. The molecule has 5 aliphatic rings. The lowest BCUT2D eigenvalue weighted by atomic mass is 10.0. The van der Waals surface area contributed by atoms with E-state index in [0.29, 0.717) is 88.8 Å². The number of fused-ring (bicyclic) bond motifs is 3. The van der Waals surface area contributed by atoms with E-state index in [0.717, 1.165) is 64.0 Å². The molecule has 31 heteroatoms. The third kappa shape index (κ3) is 22.7. The summed E-state index contributed by atoms with van der Waals surface area (Å²) in [7, 11) is 1.52. The van der Waals surface area contributed by atoms with E-state index in [-0.39, 0.29) is 146 Å². The van der Waals surface area contributed by atoms with Crippen molar-refractivity contribution in [1.29, 1.82) is 0 Å². The number of aryl methyl sites for hydroxylation is 1. The maximum absolute atomic E-state index is 14.0. The van der Waals surface area contributed by atoms with E-state index >= 15 is 0 Å². The van der Waals surface area contributed by atoms with Crippen molar-refractivity contribution in [2.45, 2.75) is 211 Å². The van der Waals surface area contributed by atoms with Crippen molar-refractivity contribution in [1.82, 2.24) is 71.4 Å². The van der Waals surface area contributed by atoms with E-state index < -0.39 is 77.6 Å². The third-order valence-corrected chi connectivity index (χ3v) is 19.5. The first-order valence-electron chi connectivity index (χ1n) is 37.4. The SMILES string of the molecule is CCCCc1nc2c(N)nc3ccccc3c2n1Cc1ccc(CNC(=O)[C@@H]2C[C@@H](NC(=O)CCCCC(=O)N[C@H]3C[C@H](C(=O)NCCCCC4NC(=O)C(CCCCNC(=O)[C@H]5CCCN5C(=O)CCOC)NC4=O)N(C(=O)CCOCCOCCN4C(=O)C=CC4=O)C3)CN2C(=O)OC(C)(C)C)cc1. The van der Waals surface area contributed by atoms with E-state index in [1.54, 1.807) is 25.7 Å². The third-order valence-electron chi connectivity index (χ3n) is 19.5. The Labute approximate surface area is 617 Å². The number of pyridine rings is 1. The van der Waals surface area contributed by atoms with Crippen LogP contribution in [0.5, 0.6) is 0 Å². The van der Waals surface area contributed by atoms with Gasteiger partial charge in [0.15, 0.2) is 5.82 Å². The van der Waals surface area contributed by atoms with Gasteiger partial charge in [-0.25, -0.2) is 14.8 Å². The van der Waals surface area contributed by atoms with Gasteiger partial charge in [-0.05, 0) is 121 Å². The van der Waals surface area contributed by atoms with Gasteiger partial charge in [0.25, 0.3) is 11.8 Å². The van der Waals surface area contributed by atoms with Crippen LogP contribution in [0.3, 0.4) is 0 Å². The fourth-order valence-electron chi connectivity index (χ4n) is 14.0. The van der Waals surface area contributed by atoms with Gasteiger partial charge in [0.1, 0.15) is 47.2 Å². The van der Waals surface area contributed by atoms with Crippen LogP contribution in [0.1, 0.15) is 160 Å². The van der Waals surface area contributed by atoms with Crippen LogP contribution in [0.15, 0.2) is 60.7 Å². The Morgan fingerprint density at radius 2 is 1.19 bits per heavy atom. The standard InChI is InChI=1S/C75H105N15O16/c1-6-7-22-59-85-66-67(52-17-8-9-18-53(52)82-68(66)76)90(59)45-49-27-25-48(26-28-49)44-79-73(101)58-43-51(47-89(58)74(102)106-75(2,3)4)81-61(92)24-11-10-23-60(91)80-50-42-57(88(46-50)65(96)32-38-104-40-41-105-39-36-87-62(93)29-30-63(87)94)72(100)78-34-15-13-20-55-70(98)83-54(69(97)84-55)19-12-14-33-77-71(99)56-21-16-35-86(56)64(95)31-37-103-5/h8-9,17-18,25-30,50-51,54-58H,6-7,10-16,19-24,31-47H2,1-5H3,(H2,76,82)(H,77,99)(H,78,100)(H,79,101)(H,80,91)(H,81,92)(H,83,98)(H,84,97)/t50-,51+,54?,55?,56+,57+,58-/m0/s1. The minimum atomic E-state index is -0.941. The highest BCUT2D eigenvalue weighted by atomic mass is 16.6. The largest absolute Gasteiger partial charge is 0.444 e. The summed E-state index contributed by atoms with van der Waals surface area (Å²) < 4.78 is 24.1. The zero-order valence-electron chi connectivity index (χ0n) is 61.7. The number of hydrogen-bond acceptors (Lipinski definition) is 19. The van der Waals surface area contributed by atoms with Crippen LogP contribution in [0.2, 0.25) is 0 Å². The fraction of sp³-hybridized carbons (Fsp3) is 0.600. The van der Waals surface area contributed by atoms with Crippen molar-refractivity contribution in [2.75, 3.05) is 85.1 Å². The zero-order chi connectivity index (χ0) is 75.9. The van der Waals surface area contributed by atoms with Crippen LogP contribution in [-0.4, -0.2) is 233 Å². The molecule has 0 bridgehead atoms. The van der Waals surface area contributed by atoms with Crippen molar-refractivity contribution in [3.8, 4) is 0 Å². The number of para-hydroxylation sites is 1. The van der Waals surface area contributed by atoms with E-state index in [1.807, 2.05) is 48.5 Å². The van der Waals surface area contributed by atoms with Gasteiger partial charge in [-0.15, -0.1) is 0 Å². The Balaban J connectivity index is 0.700. The van der Waals surface area contributed by atoms with Gasteiger partial charge < -0.3 is 76.3 Å². The van der Waals surface area contributed by atoms with Crippen LogP contribution < -0.4 is 43.0 Å². The van der Waals surface area contributed by atoms with Crippen molar-refractivity contribution in [3.63, 3.8) is 0 Å². The number of likely N-dealkylation sites (tertiary alicyclic amines) is 3. The number of methoxy groups -OCH3 is 1. The number of nitrogens with two attached hydrogens (primary N) is 1. The van der Waals surface area contributed by atoms with Gasteiger partial charge in [-0.2, -0.15) is 0 Å². The monoisotopic (exact) mass is 1470 g/mol. The number of nitrogen functional groups attached to an aromatic ring is 1. The maximum Gasteiger partial charge on any atom is 0.411 e. The lowest BCUT2D eigenvalue weighted by Gasteiger charge is -2.29. The number of nitrogens with one attached hydrogen (secondary N) is 7. The van der Waals surface area contributed by atoms with Gasteiger partial charge in [0, 0.05) is 102 Å². The number of carbonyl (C=O) groups excluding carboxylic acids is 12. The Kier molecular flexibility index (Phi) is 29.7. The number of benzene rings is 2. The molecule has 0 saturated carbocycles. The Hall–Kier alpha value is -9.62. The van der Waals surface area contributed by atoms with E-state index in [9.17, 15) is 57.5 Å². The molecular formula is C75H105N15O16. The number of carbonyl (C=O) groups is 12. The molecule has 576 valence electrons. The zero-order valence-corrected chi connectivity index (χ0v) is 61.7. The highest BCUT2D eigenvalue weighted by Gasteiger charge is 2.43. The quantitative estimate of drug-likeness (QED) is 0.0235. The van der Waals surface area contributed by atoms with Crippen LogP contribution in [0.25, 0.3) is 21.9 Å². The molecule has 0 radical (unpaired) electrons. The number of imidazole rings is 1. The van der Waals surface area contributed by atoms with Crippen LogP contribution in [0, 0.1) is 0 Å². The van der Waals surface area contributed by atoms with Gasteiger partial charge in [-0.3, -0.25) is 62.5 Å². The van der Waals surface area contributed by atoms with Gasteiger partial charge in [0.05, 0.1) is 63.5 Å². The molecule has 2 unspecified atom stereocenters. The molecule has 2 aromatic heterocycles. The van der Waals surface area contributed by atoms with Gasteiger partial charge in [-0.1, -0.05) is 55.8 Å². The second kappa shape index (κ2) is 39.1. The van der Waals surface area contributed by atoms with Crippen molar-refractivity contribution in [2.24, 2.45) is 0 Å². The van der Waals surface area contributed by atoms with Gasteiger partial charge in [0.2, 0.25) is 53.2 Å². The summed E-state index contributed by atoms with van der Waals surface area (Å²) in [4.78, 5) is 173. The topological polar surface area (TPSA) is 396 Å². The molecule has 7 heterocycles. The van der Waals surface area contributed by atoms with E-state index in [2.05, 4.69) is 53.7 Å². The number of piperazine rings is 1. The van der Waals surface area contributed by atoms with Crippen molar-refractivity contribution >= 4 is 98.8 Å². The molecule has 7 atom stereocenters. The minimum Gasteiger partial charge on any atom is -0.444 e. The lowest BCUT2D eigenvalue weighted by molar-refractivity contribution is -0.139. The summed E-state index contributed by atoms with van der Waals surface area (Å²) in [6, 6.07) is 10.8. The second-order valence-corrected chi connectivity index (χ2v) is 28.7. The molecule has 106 heavy (non-hydrogen) atoms. The predicted octanol–water partition coefficient (Wildman–Crippen LogP) is 3.25. The minimum absolute atomic E-state index is 0.00602. The Morgan fingerprint density at radius 3 is 1.81 bits per heavy atom. The maximum atomic E-state index is 14.0. The average Bonchev–Trinajstić information content (AvgIpc) is 1.60. The second-order valence-electron chi connectivity index (χ2n) is 28.7. The molecule has 9 rings (SSSR count). The summed E-state index contributed by atoms with van der Waals surface area (Å²) in [5.41, 5.74) is 9.86. The number of anilines is 1. The first-order valence-corrected chi connectivity index (χ1v) is 37.4. The lowest BCUT2D eigenvalue weighted by Crippen LogP contribution is -2.61. The Morgan fingerprint density at radius 1 is 0.623 bits per heavy atom. The summed E-state index contributed by atoms with van der Waals surface area (Å²) in [6.07, 6.45) is 9.61. The predicted molar refractivity (Wildman–Crippen MR) is 390 cm³/mol. The first kappa shape index (κ1) is 80.5. The average molecular weight is 1470 g/mol. The van der Waals surface area contributed by atoms with Crippen molar-refractivity contribution in [3.05, 3.63) is 77.6 Å². The molecule has 0 spiro atoms. The first-order chi connectivity index (χ1) is 51.0. The number of rotatable bonds is 39. The number of amides is 12. The molecule has 12 amide bonds. The molecule has 4 aromatic rings. The van der Waals surface area contributed by atoms with Crippen LogP contribution in [-0.2, 0) is 91.2 Å². The fourth-order valence-corrected chi connectivity index (χ4v) is 14.0. The molecule has 0 aliphatic carbocycles. The molecule has 2 aromatic carbocycles. The van der Waals surface area contributed by atoms with Crippen LogP contribution in [0.4, 0.5) is 10.6 Å². The Bertz CT molecular complexity index is 3800. The van der Waals surface area contributed by atoms with E-state index in [1.165, 1.54) is 29.1 Å². The number of unbranched alkanes of at least 4 members (excludes halogenated alkanes) is 4. The molecule has 4 fully saturated rings. The summed E-state index contributed by atoms with van der Waals surface area (Å²) in [5.74, 6) is -2.37. The highest BCUT2D eigenvalue weighted by Crippen LogP contribution is 2.31. The number of ether oxygens (including phenoxy) is 4. The summed E-state index contributed by atoms with van der Waals surface area (Å²) in [6.45, 7) is 9.92. The van der Waals surface area contributed by atoms with Gasteiger partial charge >= 0.3 is 6.09 Å². The molecule has 9 N–H and O–H groups in total. The molecular weight excluding hydrogens is 1370 g/mol. The van der Waals surface area contributed by atoms with Crippen molar-refractivity contribution < 1.29 is 76.5 Å². The number of nitrogens with zero attached hydrogens (tertiary/aromatic N) is 7.